The summed E-state index contributed by atoms with van der Waals surface area (Å²) in [6.07, 6.45) is -0.158. The molecule has 3 aromatic rings. The van der Waals surface area contributed by atoms with E-state index in [4.69, 9.17) is 37.4 Å². The zero-order valence-electron chi connectivity index (χ0n) is 32.1. The van der Waals surface area contributed by atoms with Gasteiger partial charge in [-0.2, -0.15) is 9.97 Å². The lowest BCUT2D eigenvalue weighted by Gasteiger charge is -2.51. The third kappa shape index (κ3) is 6.76. The Bertz CT molecular complexity index is 1640. The third-order valence-electron chi connectivity index (χ3n) is 11.2. The predicted octanol–water partition coefficient (Wildman–Crippen LogP) is 9.64. The zero-order valence-corrected chi connectivity index (χ0v) is 37.7. The molecule has 0 N–H and O–H groups in total. The number of hydrogen-bond acceptors (Lipinski definition) is 9. The summed E-state index contributed by atoms with van der Waals surface area (Å²) in [5.41, 5.74) is 3.45. The average molecular weight is 821 g/mol. The Labute approximate surface area is 311 Å². The number of ether oxygens (including phenoxy) is 2. The number of fused-ring (bicyclic) bond motifs is 2. The van der Waals surface area contributed by atoms with Crippen molar-refractivity contribution in [1.82, 2.24) is 19.5 Å². The van der Waals surface area contributed by atoms with Crippen LogP contribution in [0.15, 0.2) is 35.1 Å². The fourth-order valence-corrected chi connectivity index (χ4v) is 34.2. The minimum absolute atomic E-state index is 0.182. The highest BCUT2D eigenvalue weighted by atomic mass is 79.9. The third-order valence-corrected chi connectivity index (χ3v) is 32.0. The first-order valence-electron chi connectivity index (χ1n) is 18.5. The summed E-state index contributed by atoms with van der Waals surface area (Å²) in [4.78, 5) is 15.5. The van der Waals surface area contributed by atoms with Gasteiger partial charge in [-0.15, -0.1) is 0 Å². The second-order valence-electron chi connectivity index (χ2n) is 17.0. The Hall–Kier alpha value is -1.44. The molecule has 5 heterocycles. The van der Waals surface area contributed by atoms with E-state index in [1.807, 2.05) is 18.2 Å². The highest BCUT2D eigenvalue weighted by Crippen LogP contribution is 2.49. The monoisotopic (exact) mass is 819 g/mol. The molecule has 3 atom stereocenters. The van der Waals surface area contributed by atoms with Gasteiger partial charge in [-0.3, -0.25) is 4.57 Å². The fraction of sp³-hybridized carbons (Fsp3) is 0.686. The minimum Gasteiger partial charge on any atom is -0.471 e. The Morgan fingerprint density at radius 3 is 2.00 bits per heavy atom. The van der Waals surface area contributed by atoms with Crippen LogP contribution >= 0.6 is 15.9 Å². The molecule has 0 amide bonds. The number of imidazole rings is 1. The van der Waals surface area contributed by atoms with Crippen LogP contribution in [0.2, 0.25) is 60.4 Å². The molecule has 1 aromatic carbocycles. The molecule has 3 aliphatic heterocycles. The normalized spacial score (nSPS) is 25.9. The quantitative estimate of drug-likeness (QED) is 0.155. The van der Waals surface area contributed by atoms with Crippen LogP contribution in [0.5, 0.6) is 5.88 Å². The fourth-order valence-electron chi connectivity index (χ4n) is 8.58. The van der Waals surface area contributed by atoms with Gasteiger partial charge in [-0.25, -0.2) is 4.98 Å². The Balaban J connectivity index is 1.43. The lowest BCUT2D eigenvalue weighted by Crippen LogP contribution is -2.65. The van der Waals surface area contributed by atoms with Crippen molar-refractivity contribution in [3.8, 4) is 5.88 Å². The van der Waals surface area contributed by atoms with Crippen molar-refractivity contribution in [2.45, 2.75) is 147 Å². The van der Waals surface area contributed by atoms with Crippen LogP contribution in [0.1, 0.15) is 73.6 Å². The molecule has 3 unspecified atom stereocenters. The maximum absolute atomic E-state index is 7.45. The first-order chi connectivity index (χ1) is 23.4. The summed E-state index contributed by atoms with van der Waals surface area (Å²) in [5, 5.41) is 0. The van der Waals surface area contributed by atoms with E-state index in [1.165, 1.54) is 12.1 Å². The summed E-state index contributed by atoms with van der Waals surface area (Å²) in [5.74, 6) is 1.26. The number of nitrogens with zero attached hydrogens (tertiary/aromatic N) is 5. The van der Waals surface area contributed by atoms with Gasteiger partial charge in [-0.05, 0) is 55.7 Å². The first-order valence-corrected chi connectivity index (χ1v) is 29.6. The number of anilines is 1. The Kier molecular flexibility index (Phi) is 10.8. The van der Waals surface area contributed by atoms with Crippen LogP contribution in [-0.4, -0.2) is 71.9 Å². The van der Waals surface area contributed by atoms with Crippen LogP contribution in [0.3, 0.4) is 0 Å². The molecule has 2 aromatic heterocycles. The van der Waals surface area contributed by atoms with Gasteiger partial charge in [0.05, 0.1) is 12.7 Å². The van der Waals surface area contributed by atoms with E-state index >= 15 is 0 Å². The van der Waals surface area contributed by atoms with Crippen molar-refractivity contribution in [3.63, 3.8) is 0 Å². The van der Waals surface area contributed by atoms with Gasteiger partial charge in [0, 0.05) is 6.42 Å². The average Bonchev–Trinajstić information content (AvgIpc) is 3.64. The van der Waals surface area contributed by atoms with E-state index in [1.54, 1.807) is 0 Å². The summed E-state index contributed by atoms with van der Waals surface area (Å²) in [6.45, 7) is 28.6. The smallest absolute Gasteiger partial charge is 0.335 e. The summed E-state index contributed by atoms with van der Waals surface area (Å²) in [7, 11) is -9.05. The summed E-state index contributed by atoms with van der Waals surface area (Å²) >= 11 is 3.83. The molecule has 3 aliphatic rings. The molecule has 0 aliphatic carbocycles. The van der Waals surface area contributed by atoms with Crippen molar-refractivity contribution in [2.24, 2.45) is 0 Å². The lowest BCUT2D eigenvalue weighted by molar-refractivity contribution is -0.0550. The second kappa shape index (κ2) is 14.1. The number of benzene rings is 1. The van der Waals surface area contributed by atoms with Crippen molar-refractivity contribution in [1.29, 1.82) is 0 Å². The number of aromatic nitrogens is 4. The van der Waals surface area contributed by atoms with Crippen LogP contribution in [0, 0.1) is 0 Å². The molecule has 6 rings (SSSR count). The molecule has 0 bridgehead atoms. The second-order valence-corrected chi connectivity index (χ2v) is 36.1. The van der Waals surface area contributed by atoms with E-state index < -0.39 is 33.6 Å². The van der Waals surface area contributed by atoms with Gasteiger partial charge in [0.1, 0.15) is 35.4 Å². The molecule has 50 heavy (non-hydrogen) atoms. The Morgan fingerprint density at radius 2 is 1.42 bits per heavy atom. The molecular formula is C35H58BrN5O5Si4. The zero-order chi connectivity index (χ0) is 36.4. The molecule has 0 spiro atoms. The van der Waals surface area contributed by atoms with E-state index in [2.05, 4.69) is 118 Å². The molecule has 10 nitrogen and oxygen atoms in total. The van der Waals surface area contributed by atoms with Gasteiger partial charge in [0.2, 0.25) is 11.8 Å². The topological polar surface area (TPSA) is 93.0 Å². The standard InChI is InChI=1S/C35H58BrN5O5Si4/c1-23(2)49(24(3)4)43-22-29-28(45-50(46-49,25(5)6)26(7)8)20-30(44-29)40-32-31(37-34(40)36)33(42-21-27-16-14-13-15-17-27)39-35(38-32)41-47(9,10)18-19-48(41,11)12/h13-17,23-26,28-30H,18-22H2,1-12H3. The molecule has 276 valence electrons. The molecule has 3 saturated heterocycles. The maximum atomic E-state index is 7.45. The Morgan fingerprint density at radius 1 is 0.820 bits per heavy atom. The van der Waals surface area contributed by atoms with E-state index in [0.717, 1.165) is 11.5 Å². The van der Waals surface area contributed by atoms with E-state index in [0.29, 0.717) is 41.4 Å². The first kappa shape index (κ1) is 38.3. The van der Waals surface area contributed by atoms with E-state index in [-0.39, 0.29) is 40.6 Å². The largest absolute Gasteiger partial charge is 0.471 e. The predicted molar refractivity (Wildman–Crippen MR) is 213 cm³/mol. The highest BCUT2D eigenvalue weighted by Gasteiger charge is 2.60. The van der Waals surface area contributed by atoms with Crippen molar-refractivity contribution >= 4 is 66.6 Å². The van der Waals surface area contributed by atoms with Gasteiger partial charge in [0.25, 0.3) is 0 Å². The van der Waals surface area contributed by atoms with Gasteiger partial charge < -0.3 is 26.7 Å². The van der Waals surface area contributed by atoms with Gasteiger partial charge in [-0.1, -0.05) is 112 Å². The van der Waals surface area contributed by atoms with Crippen molar-refractivity contribution < 1.29 is 22.4 Å². The SMILES string of the molecule is CC(C)[Si]1(C(C)C)OCC2OC(n3c(Br)nc4c(OCc5ccccc5)nc(N5[Si](C)(C)CC[Si]5(C)C)nc43)CC2O[Si](C(C)C)(C(C)C)O1. The van der Waals surface area contributed by atoms with Crippen LogP contribution in [-0.2, 0) is 24.3 Å². The lowest BCUT2D eigenvalue weighted by atomic mass is 10.2. The molecule has 0 radical (unpaired) electrons. The van der Waals surface area contributed by atoms with Crippen molar-refractivity contribution in [2.75, 3.05) is 10.8 Å². The summed E-state index contributed by atoms with van der Waals surface area (Å²) < 4.78 is 40.7. The van der Waals surface area contributed by atoms with Crippen LogP contribution in [0.4, 0.5) is 5.95 Å². The van der Waals surface area contributed by atoms with Crippen molar-refractivity contribution in [3.05, 3.63) is 40.6 Å². The molecule has 3 fully saturated rings. The van der Waals surface area contributed by atoms with Crippen LogP contribution in [0.25, 0.3) is 11.2 Å². The van der Waals surface area contributed by atoms with E-state index in [9.17, 15) is 0 Å². The van der Waals surface area contributed by atoms with Gasteiger partial charge >= 0.3 is 17.1 Å². The maximum Gasteiger partial charge on any atom is 0.335 e. The highest BCUT2D eigenvalue weighted by molar-refractivity contribution is 9.10. The molecule has 0 saturated carbocycles. The van der Waals surface area contributed by atoms with Crippen LogP contribution < -0.4 is 8.97 Å². The number of hydrogen-bond donors (Lipinski definition) is 0. The molecular weight excluding hydrogens is 763 g/mol. The summed E-state index contributed by atoms with van der Waals surface area (Å²) in [6, 6.07) is 12.7. The number of rotatable bonds is 9. The minimum atomic E-state index is -2.78. The molecule has 15 heteroatoms. The number of halogens is 1. The van der Waals surface area contributed by atoms with Gasteiger partial charge in [0.15, 0.2) is 15.9 Å².